The van der Waals surface area contributed by atoms with E-state index in [4.69, 9.17) is 0 Å². The molecular weight excluding hydrogens is 327 g/mol. The zero-order valence-corrected chi connectivity index (χ0v) is 13.2. The van der Waals surface area contributed by atoms with Crippen molar-refractivity contribution in [1.82, 2.24) is 20.0 Å². The van der Waals surface area contributed by atoms with Crippen LogP contribution >= 0.6 is 11.3 Å². The number of thiazole rings is 1. The molecule has 0 bridgehead atoms. The molecule has 2 aromatic carbocycles. The SMILES string of the molecule is O=c1c2ccccc2nnn1Cc1csc(-c2ccc(F)cc2)n1. The number of benzene rings is 2. The maximum atomic E-state index is 13.0. The van der Waals surface area contributed by atoms with Crippen LogP contribution < -0.4 is 5.56 Å². The highest BCUT2D eigenvalue weighted by Gasteiger charge is 2.09. The summed E-state index contributed by atoms with van der Waals surface area (Å²) in [7, 11) is 0. The Labute approximate surface area is 140 Å². The molecular formula is C17H11FN4OS. The molecule has 2 aromatic heterocycles. The standard InChI is InChI=1S/C17H11FN4OS/c18-12-7-5-11(6-8-12)16-19-13(10-24-16)9-22-17(23)14-3-1-2-4-15(14)20-21-22/h1-8,10H,9H2. The summed E-state index contributed by atoms with van der Waals surface area (Å²) in [6.07, 6.45) is 0. The van der Waals surface area contributed by atoms with Crippen molar-refractivity contribution in [3.63, 3.8) is 0 Å². The molecule has 4 rings (SSSR count). The van der Waals surface area contributed by atoms with E-state index < -0.39 is 0 Å². The van der Waals surface area contributed by atoms with Crippen LogP contribution in [-0.4, -0.2) is 20.0 Å². The normalized spacial score (nSPS) is 11.0. The zero-order valence-electron chi connectivity index (χ0n) is 12.4. The Kier molecular flexibility index (Phi) is 3.62. The average Bonchev–Trinajstić information content (AvgIpc) is 3.07. The molecule has 0 fully saturated rings. The minimum Gasteiger partial charge on any atom is -0.267 e. The van der Waals surface area contributed by atoms with Crippen LogP contribution in [0, 0.1) is 5.82 Å². The summed E-state index contributed by atoms with van der Waals surface area (Å²) in [6, 6.07) is 13.3. The average molecular weight is 338 g/mol. The molecule has 0 saturated carbocycles. The highest BCUT2D eigenvalue weighted by molar-refractivity contribution is 7.13. The Hall–Kier alpha value is -2.93. The lowest BCUT2D eigenvalue weighted by Gasteiger charge is -2.02. The fraction of sp³-hybridized carbons (Fsp3) is 0.0588. The number of nitrogens with zero attached hydrogens (tertiary/aromatic N) is 4. The highest BCUT2D eigenvalue weighted by Crippen LogP contribution is 2.24. The second-order valence-electron chi connectivity index (χ2n) is 5.22. The molecule has 24 heavy (non-hydrogen) atoms. The maximum absolute atomic E-state index is 13.0. The molecule has 0 amide bonds. The van der Waals surface area contributed by atoms with Crippen molar-refractivity contribution in [1.29, 1.82) is 0 Å². The molecule has 0 aliphatic rings. The fourth-order valence-corrected chi connectivity index (χ4v) is 3.20. The van der Waals surface area contributed by atoms with E-state index in [-0.39, 0.29) is 17.9 Å². The van der Waals surface area contributed by atoms with Gasteiger partial charge in [-0.05, 0) is 36.4 Å². The van der Waals surface area contributed by atoms with Gasteiger partial charge in [0.1, 0.15) is 16.3 Å². The summed E-state index contributed by atoms with van der Waals surface area (Å²) >= 11 is 1.44. The molecule has 0 saturated heterocycles. The van der Waals surface area contributed by atoms with E-state index in [1.165, 1.54) is 28.2 Å². The van der Waals surface area contributed by atoms with Gasteiger partial charge in [0, 0.05) is 10.9 Å². The number of rotatable bonds is 3. The lowest BCUT2D eigenvalue weighted by molar-refractivity contribution is 0.594. The summed E-state index contributed by atoms with van der Waals surface area (Å²) in [4.78, 5) is 16.9. The van der Waals surface area contributed by atoms with Crippen molar-refractivity contribution < 1.29 is 4.39 Å². The van der Waals surface area contributed by atoms with E-state index in [0.717, 1.165) is 10.6 Å². The third-order valence-corrected chi connectivity index (χ3v) is 4.52. The van der Waals surface area contributed by atoms with Crippen molar-refractivity contribution in [2.24, 2.45) is 0 Å². The molecule has 0 aliphatic heterocycles. The van der Waals surface area contributed by atoms with Crippen LogP contribution in [-0.2, 0) is 6.54 Å². The first kappa shape index (κ1) is 14.6. The molecule has 7 heteroatoms. The molecule has 0 N–H and O–H groups in total. The number of aromatic nitrogens is 4. The Morgan fingerprint density at radius 2 is 1.88 bits per heavy atom. The third kappa shape index (κ3) is 2.69. The van der Waals surface area contributed by atoms with Gasteiger partial charge in [-0.25, -0.2) is 14.1 Å². The second kappa shape index (κ2) is 5.93. The van der Waals surface area contributed by atoms with Gasteiger partial charge in [0.15, 0.2) is 0 Å². The largest absolute Gasteiger partial charge is 0.277 e. The predicted molar refractivity (Wildman–Crippen MR) is 90.4 cm³/mol. The van der Waals surface area contributed by atoms with Gasteiger partial charge in [-0.2, -0.15) is 0 Å². The van der Waals surface area contributed by atoms with E-state index in [2.05, 4.69) is 15.3 Å². The molecule has 0 spiro atoms. The van der Waals surface area contributed by atoms with Crippen LogP contribution in [0.25, 0.3) is 21.5 Å². The minimum atomic E-state index is -0.284. The quantitative estimate of drug-likeness (QED) is 0.576. The van der Waals surface area contributed by atoms with Crippen LogP contribution in [0.4, 0.5) is 4.39 Å². The van der Waals surface area contributed by atoms with E-state index in [1.807, 2.05) is 11.4 Å². The number of halogens is 1. The van der Waals surface area contributed by atoms with E-state index in [1.54, 1.807) is 30.3 Å². The maximum Gasteiger partial charge on any atom is 0.277 e. The van der Waals surface area contributed by atoms with E-state index >= 15 is 0 Å². The molecule has 5 nitrogen and oxygen atoms in total. The van der Waals surface area contributed by atoms with Gasteiger partial charge in [0.05, 0.1) is 17.6 Å². The topological polar surface area (TPSA) is 60.7 Å². The predicted octanol–water partition coefficient (Wildman–Crippen LogP) is 3.10. The van der Waals surface area contributed by atoms with Crippen molar-refractivity contribution >= 4 is 22.2 Å². The van der Waals surface area contributed by atoms with Gasteiger partial charge in [-0.1, -0.05) is 17.3 Å². The van der Waals surface area contributed by atoms with Gasteiger partial charge >= 0.3 is 0 Å². The van der Waals surface area contributed by atoms with Crippen LogP contribution in [0.15, 0.2) is 58.7 Å². The number of fused-ring (bicyclic) bond motifs is 1. The van der Waals surface area contributed by atoms with Gasteiger partial charge < -0.3 is 0 Å². The Bertz CT molecular complexity index is 1070. The monoisotopic (exact) mass is 338 g/mol. The lowest BCUT2D eigenvalue weighted by Crippen LogP contribution is -2.24. The second-order valence-corrected chi connectivity index (χ2v) is 6.08. The van der Waals surface area contributed by atoms with Crippen molar-refractivity contribution in [3.8, 4) is 10.6 Å². The Morgan fingerprint density at radius 1 is 1.08 bits per heavy atom. The van der Waals surface area contributed by atoms with Crippen LogP contribution in [0.1, 0.15) is 5.69 Å². The van der Waals surface area contributed by atoms with Gasteiger partial charge in [0.25, 0.3) is 5.56 Å². The first-order valence-electron chi connectivity index (χ1n) is 7.23. The summed E-state index contributed by atoms with van der Waals surface area (Å²) in [5, 5.41) is 11.2. The van der Waals surface area contributed by atoms with Crippen LogP contribution in [0.2, 0.25) is 0 Å². The zero-order chi connectivity index (χ0) is 16.5. The van der Waals surface area contributed by atoms with Gasteiger partial charge in [0.2, 0.25) is 0 Å². The highest BCUT2D eigenvalue weighted by atomic mass is 32.1. The lowest BCUT2D eigenvalue weighted by atomic mass is 10.2. The molecule has 0 aliphatic carbocycles. The Balaban J connectivity index is 1.66. The minimum absolute atomic E-state index is 0.197. The van der Waals surface area contributed by atoms with Crippen molar-refractivity contribution in [2.45, 2.75) is 6.54 Å². The van der Waals surface area contributed by atoms with Crippen LogP contribution in [0.5, 0.6) is 0 Å². The number of hydrogen-bond donors (Lipinski definition) is 0. The molecule has 0 atom stereocenters. The first-order chi connectivity index (χ1) is 11.7. The van der Waals surface area contributed by atoms with Gasteiger partial charge in [-0.3, -0.25) is 4.79 Å². The van der Waals surface area contributed by atoms with Crippen molar-refractivity contribution in [3.05, 3.63) is 75.8 Å². The summed E-state index contributed by atoms with van der Waals surface area (Å²) in [6.45, 7) is 0.244. The molecule has 0 unspecified atom stereocenters. The summed E-state index contributed by atoms with van der Waals surface area (Å²) < 4.78 is 14.3. The van der Waals surface area contributed by atoms with Crippen LogP contribution in [0.3, 0.4) is 0 Å². The fourth-order valence-electron chi connectivity index (χ4n) is 2.39. The van der Waals surface area contributed by atoms with Gasteiger partial charge in [-0.15, -0.1) is 16.4 Å². The third-order valence-electron chi connectivity index (χ3n) is 3.58. The number of hydrogen-bond acceptors (Lipinski definition) is 5. The van der Waals surface area contributed by atoms with E-state index in [9.17, 15) is 9.18 Å². The Morgan fingerprint density at radius 3 is 2.71 bits per heavy atom. The summed E-state index contributed by atoms with van der Waals surface area (Å²) in [5.74, 6) is -0.284. The molecule has 2 heterocycles. The molecule has 118 valence electrons. The molecule has 4 aromatic rings. The smallest absolute Gasteiger partial charge is 0.267 e. The van der Waals surface area contributed by atoms with E-state index in [0.29, 0.717) is 16.6 Å². The summed E-state index contributed by atoms with van der Waals surface area (Å²) in [5.41, 5.74) is 1.93. The first-order valence-corrected chi connectivity index (χ1v) is 8.11. The molecule has 0 radical (unpaired) electrons. The van der Waals surface area contributed by atoms with Crippen molar-refractivity contribution in [2.75, 3.05) is 0 Å².